The molecule has 1 aliphatic heterocycles. The Hall–Kier alpha value is -1.15. The number of Topliss-reactive ketones (excluding diaryl/α,β-unsaturated/α-hetero) is 1. The van der Waals surface area contributed by atoms with Gasteiger partial charge in [-0.2, -0.15) is 0 Å². The molecule has 1 aromatic carbocycles. The number of carbonyl (C=O) groups is 1. The van der Waals surface area contributed by atoms with Gasteiger partial charge in [0.15, 0.2) is 0 Å². The Balaban J connectivity index is 1.73. The Morgan fingerprint density at radius 2 is 2.19 bits per heavy atom. The first kappa shape index (κ1) is 10.0. The Bertz CT molecular complexity index is 405. The van der Waals surface area contributed by atoms with Crippen LogP contribution in [0, 0.1) is 5.92 Å². The lowest BCUT2D eigenvalue weighted by molar-refractivity contribution is -0.128. The SMILES string of the molecule is O=C(C1CCCOC1)C1Cc2ccccc21. The van der Waals surface area contributed by atoms with Crippen LogP contribution in [0.4, 0.5) is 0 Å². The van der Waals surface area contributed by atoms with Crippen molar-refractivity contribution in [3.63, 3.8) is 0 Å². The third-order valence-electron chi connectivity index (χ3n) is 3.76. The fraction of sp³-hybridized carbons (Fsp3) is 0.500. The van der Waals surface area contributed by atoms with Gasteiger partial charge in [0.1, 0.15) is 5.78 Å². The van der Waals surface area contributed by atoms with Crippen LogP contribution in [0.3, 0.4) is 0 Å². The quantitative estimate of drug-likeness (QED) is 0.758. The zero-order valence-electron chi connectivity index (χ0n) is 9.32. The van der Waals surface area contributed by atoms with Crippen molar-refractivity contribution in [3.05, 3.63) is 35.4 Å². The van der Waals surface area contributed by atoms with E-state index in [-0.39, 0.29) is 11.8 Å². The largest absolute Gasteiger partial charge is 0.381 e. The lowest BCUT2D eigenvalue weighted by atomic mass is 9.72. The summed E-state index contributed by atoms with van der Waals surface area (Å²) in [6.45, 7) is 1.46. The second kappa shape index (κ2) is 4.02. The van der Waals surface area contributed by atoms with E-state index in [4.69, 9.17) is 4.74 Å². The van der Waals surface area contributed by atoms with E-state index in [0.717, 1.165) is 25.9 Å². The van der Waals surface area contributed by atoms with Gasteiger partial charge in [0, 0.05) is 18.4 Å². The zero-order valence-corrected chi connectivity index (χ0v) is 9.32. The lowest BCUT2D eigenvalue weighted by Crippen LogP contribution is -2.34. The molecule has 1 fully saturated rings. The maximum Gasteiger partial charge on any atom is 0.146 e. The first-order valence-electron chi connectivity index (χ1n) is 6.05. The van der Waals surface area contributed by atoms with Crippen LogP contribution in [0.2, 0.25) is 0 Å². The van der Waals surface area contributed by atoms with E-state index in [9.17, 15) is 4.79 Å². The van der Waals surface area contributed by atoms with Crippen LogP contribution >= 0.6 is 0 Å². The van der Waals surface area contributed by atoms with Gasteiger partial charge in [-0.3, -0.25) is 4.79 Å². The highest BCUT2D eigenvalue weighted by atomic mass is 16.5. The molecule has 0 amide bonds. The van der Waals surface area contributed by atoms with Crippen molar-refractivity contribution in [1.29, 1.82) is 0 Å². The molecule has 1 aliphatic carbocycles. The fourth-order valence-corrected chi connectivity index (χ4v) is 2.76. The van der Waals surface area contributed by atoms with Gasteiger partial charge in [-0.1, -0.05) is 24.3 Å². The minimum Gasteiger partial charge on any atom is -0.381 e. The van der Waals surface area contributed by atoms with Crippen LogP contribution in [0.25, 0.3) is 0 Å². The van der Waals surface area contributed by atoms with Gasteiger partial charge in [0.05, 0.1) is 6.61 Å². The fourth-order valence-electron chi connectivity index (χ4n) is 2.76. The number of benzene rings is 1. The van der Waals surface area contributed by atoms with E-state index >= 15 is 0 Å². The molecule has 16 heavy (non-hydrogen) atoms. The molecule has 2 aliphatic rings. The van der Waals surface area contributed by atoms with Gasteiger partial charge in [-0.25, -0.2) is 0 Å². The molecule has 2 atom stereocenters. The van der Waals surface area contributed by atoms with E-state index in [1.807, 2.05) is 12.1 Å². The molecule has 1 saturated heterocycles. The number of hydrogen-bond acceptors (Lipinski definition) is 2. The zero-order chi connectivity index (χ0) is 11.0. The maximum absolute atomic E-state index is 12.3. The summed E-state index contributed by atoms with van der Waals surface area (Å²) >= 11 is 0. The van der Waals surface area contributed by atoms with Gasteiger partial charge >= 0.3 is 0 Å². The molecule has 0 bridgehead atoms. The third kappa shape index (κ3) is 1.57. The molecule has 2 unspecified atom stereocenters. The summed E-state index contributed by atoms with van der Waals surface area (Å²) in [4.78, 5) is 12.3. The van der Waals surface area contributed by atoms with E-state index in [1.165, 1.54) is 11.1 Å². The van der Waals surface area contributed by atoms with Crippen LogP contribution in [0.1, 0.15) is 29.9 Å². The number of fused-ring (bicyclic) bond motifs is 1. The molecule has 1 aromatic rings. The predicted octanol–water partition coefficient (Wildman–Crippen LogP) is 2.32. The maximum atomic E-state index is 12.3. The highest BCUT2D eigenvalue weighted by Gasteiger charge is 2.36. The predicted molar refractivity (Wildman–Crippen MR) is 61.4 cm³/mol. The molecular formula is C14H16O2. The minimum atomic E-state index is 0.145. The van der Waals surface area contributed by atoms with Crippen LogP contribution in [-0.4, -0.2) is 19.0 Å². The number of rotatable bonds is 2. The van der Waals surface area contributed by atoms with E-state index in [0.29, 0.717) is 12.4 Å². The smallest absolute Gasteiger partial charge is 0.146 e. The summed E-state index contributed by atoms with van der Waals surface area (Å²) in [7, 11) is 0. The molecule has 2 heteroatoms. The van der Waals surface area contributed by atoms with Gasteiger partial charge in [-0.15, -0.1) is 0 Å². The Morgan fingerprint density at radius 3 is 2.94 bits per heavy atom. The van der Waals surface area contributed by atoms with Gasteiger partial charge in [-0.05, 0) is 30.4 Å². The molecule has 2 nitrogen and oxygen atoms in total. The van der Waals surface area contributed by atoms with Crippen molar-refractivity contribution in [1.82, 2.24) is 0 Å². The van der Waals surface area contributed by atoms with Crippen molar-refractivity contribution in [2.24, 2.45) is 5.92 Å². The topological polar surface area (TPSA) is 26.3 Å². The van der Waals surface area contributed by atoms with Gasteiger partial charge < -0.3 is 4.74 Å². The van der Waals surface area contributed by atoms with Crippen LogP contribution in [-0.2, 0) is 16.0 Å². The standard InChI is InChI=1S/C14H16O2/c15-14(11-5-3-7-16-9-11)13-8-10-4-1-2-6-12(10)13/h1-2,4,6,11,13H,3,5,7-9H2. The van der Waals surface area contributed by atoms with E-state index in [2.05, 4.69) is 12.1 Å². The van der Waals surface area contributed by atoms with E-state index in [1.54, 1.807) is 0 Å². The van der Waals surface area contributed by atoms with E-state index < -0.39 is 0 Å². The number of ether oxygens (including phenoxy) is 1. The first-order valence-corrected chi connectivity index (χ1v) is 6.05. The van der Waals surface area contributed by atoms with Crippen LogP contribution in [0.15, 0.2) is 24.3 Å². The average molecular weight is 216 g/mol. The minimum absolute atomic E-state index is 0.145. The second-order valence-corrected chi connectivity index (χ2v) is 4.77. The van der Waals surface area contributed by atoms with Crippen LogP contribution in [0.5, 0.6) is 0 Å². The third-order valence-corrected chi connectivity index (χ3v) is 3.76. The Labute approximate surface area is 95.6 Å². The summed E-state index contributed by atoms with van der Waals surface area (Å²) in [5.74, 6) is 0.702. The highest BCUT2D eigenvalue weighted by molar-refractivity contribution is 5.90. The molecule has 1 heterocycles. The molecule has 0 radical (unpaired) electrons. The molecule has 0 N–H and O–H groups in total. The number of hydrogen-bond donors (Lipinski definition) is 0. The normalized spacial score (nSPS) is 28.0. The molecule has 0 aromatic heterocycles. The number of carbonyl (C=O) groups excluding carboxylic acids is 1. The summed E-state index contributed by atoms with van der Waals surface area (Å²) in [6.07, 6.45) is 2.98. The summed E-state index contributed by atoms with van der Waals surface area (Å²) < 4.78 is 5.39. The second-order valence-electron chi connectivity index (χ2n) is 4.77. The first-order chi connectivity index (χ1) is 7.86. The molecule has 84 valence electrons. The Kier molecular flexibility index (Phi) is 2.52. The Morgan fingerprint density at radius 1 is 1.31 bits per heavy atom. The highest BCUT2D eigenvalue weighted by Crippen LogP contribution is 2.38. The lowest BCUT2D eigenvalue weighted by Gasteiger charge is -2.32. The monoisotopic (exact) mass is 216 g/mol. The average Bonchev–Trinajstić information content (AvgIpc) is 2.32. The van der Waals surface area contributed by atoms with Crippen molar-refractivity contribution in [2.45, 2.75) is 25.2 Å². The van der Waals surface area contributed by atoms with Gasteiger partial charge in [0.2, 0.25) is 0 Å². The van der Waals surface area contributed by atoms with Crippen molar-refractivity contribution < 1.29 is 9.53 Å². The molecule has 0 spiro atoms. The van der Waals surface area contributed by atoms with Crippen molar-refractivity contribution in [2.75, 3.05) is 13.2 Å². The summed E-state index contributed by atoms with van der Waals surface area (Å²) in [6, 6.07) is 8.28. The van der Waals surface area contributed by atoms with Crippen LogP contribution < -0.4 is 0 Å². The summed E-state index contributed by atoms with van der Waals surface area (Å²) in [5.41, 5.74) is 2.59. The van der Waals surface area contributed by atoms with Crippen molar-refractivity contribution >= 4 is 5.78 Å². The molecular weight excluding hydrogens is 200 g/mol. The molecule has 0 saturated carbocycles. The molecule has 3 rings (SSSR count). The van der Waals surface area contributed by atoms with Gasteiger partial charge in [0.25, 0.3) is 0 Å². The number of ketones is 1. The van der Waals surface area contributed by atoms with Crippen molar-refractivity contribution in [3.8, 4) is 0 Å². The summed E-state index contributed by atoms with van der Waals surface area (Å²) in [5, 5.41) is 0.